The minimum atomic E-state index is -0.575. The van der Waals surface area contributed by atoms with Gasteiger partial charge in [0.2, 0.25) is 0 Å². The maximum absolute atomic E-state index is 10.8. The number of benzene rings is 1. The molecule has 0 atom stereocenters. The zero-order chi connectivity index (χ0) is 12.7. The summed E-state index contributed by atoms with van der Waals surface area (Å²) in [5.41, 5.74) is 4.18. The number of aromatic hydroxyl groups is 1. The number of ether oxygens (including phenoxy) is 1. The maximum atomic E-state index is 10.8. The summed E-state index contributed by atoms with van der Waals surface area (Å²) in [6, 6.07) is 7.01. The molecule has 0 fully saturated rings. The van der Waals surface area contributed by atoms with Crippen LogP contribution in [0.1, 0.15) is 18.9 Å². The van der Waals surface area contributed by atoms with E-state index in [1.807, 2.05) is 19.1 Å². The molecular formula is C12H16N2O3. The highest BCUT2D eigenvalue weighted by Crippen LogP contribution is 2.11. The molecule has 1 aromatic carbocycles. The standard InChI is InChI=1S/C12H16N2O3/c1-9(13-14-12(16)17-2)3-4-10-5-7-11(15)8-6-10/h5-8,15H,3-4H2,1-2H3,(H,14,16). The van der Waals surface area contributed by atoms with Gasteiger partial charge in [0.15, 0.2) is 0 Å². The van der Waals surface area contributed by atoms with Crippen molar-refractivity contribution >= 4 is 11.8 Å². The molecule has 17 heavy (non-hydrogen) atoms. The van der Waals surface area contributed by atoms with E-state index in [4.69, 9.17) is 5.11 Å². The third-order valence-electron chi connectivity index (χ3n) is 2.24. The minimum Gasteiger partial charge on any atom is -0.508 e. The summed E-state index contributed by atoms with van der Waals surface area (Å²) in [4.78, 5) is 10.8. The largest absolute Gasteiger partial charge is 0.508 e. The van der Waals surface area contributed by atoms with Crippen LogP contribution in [0.3, 0.4) is 0 Å². The van der Waals surface area contributed by atoms with Crippen molar-refractivity contribution < 1.29 is 14.6 Å². The molecule has 1 rings (SSSR count). The van der Waals surface area contributed by atoms with E-state index in [2.05, 4.69) is 15.3 Å². The van der Waals surface area contributed by atoms with Crippen molar-refractivity contribution in [3.05, 3.63) is 29.8 Å². The molecule has 0 aliphatic heterocycles. The molecular weight excluding hydrogens is 220 g/mol. The van der Waals surface area contributed by atoms with Gasteiger partial charge in [-0.3, -0.25) is 0 Å². The van der Waals surface area contributed by atoms with E-state index in [-0.39, 0.29) is 5.75 Å². The van der Waals surface area contributed by atoms with Crippen LogP contribution in [0.25, 0.3) is 0 Å². The number of nitrogens with zero attached hydrogens (tertiary/aromatic N) is 1. The highest BCUT2D eigenvalue weighted by molar-refractivity contribution is 5.83. The second kappa shape index (κ2) is 6.52. The fourth-order valence-corrected chi connectivity index (χ4v) is 1.23. The number of phenolic OH excluding ortho intramolecular Hbond substituents is 1. The monoisotopic (exact) mass is 236 g/mol. The molecule has 2 N–H and O–H groups in total. The molecule has 5 heteroatoms. The first-order valence-corrected chi connectivity index (χ1v) is 5.27. The number of methoxy groups -OCH3 is 1. The van der Waals surface area contributed by atoms with Gasteiger partial charge in [-0.15, -0.1) is 0 Å². The fourth-order valence-electron chi connectivity index (χ4n) is 1.23. The van der Waals surface area contributed by atoms with Gasteiger partial charge in [-0.2, -0.15) is 5.10 Å². The van der Waals surface area contributed by atoms with E-state index >= 15 is 0 Å². The summed E-state index contributed by atoms with van der Waals surface area (Å²) in [7, 11) is 1.29. The van der Waals surface area contributed by atoms with Crippen LogP contribution in [0.4, 0.5) is 4.79 Å². The number of hydrogen-bond donors (Lipinski definition) is 2. The average Bonchev–Trinajstić information content (AvgIpc) is 2.35. The summed E-state index contributed by atoms with van der Waals surface area (Å²) < 4.78 is 4.39. The molecule has 0 radical (unpaired) electrons. The third-order valence-corrected chi connectivity index (χ3v) is 2.24. The van der Waals surface area contributed by atoms with Crippen molar-refractivity contribution in [2.75, 3.05) is 7.11 Å². The Bertz CT molecular complexity index is 399. The molecule has 0 saturated heterocycles. The van der Waals surface area contributed by atoms with Gasteiger partial charge in [0.05, 0.1) is 7.11 Å². The Balaban J connectivity index is 2.39. The highest BCUT2D eigenvalue weighted by atomic mass is 16.5. The molecule has 1 amide bonds. The van der Waals surface area contributed by atoms with Crippen molar-refractivity contribution in [3.63, 3.8) is 0 Å². The quantitative estimate of drug-likeness (QED) is 0.621. The molecule has 0 bridgehead atoms. The van der Waals surface area contributed by atoms with Gasteiger partial charge in [0, 0.05) is 5.71 Å². The van der Waals surface area contributed by atoms with E-state index in [0.717, 1.165) is 24.1 Å². The number of hydrogen-bond acceptors (Lipinski definition) is 4. The lowest BCUT2D eigenvalue weighted by molar-refractivity contribution is 0.171. The van der Waals surface area contributed by atoms with Crippen LogP contribution in [0.2, 0.25) is 0 Å². The zero-order valence-electron chi connectivity index (χ0n) is 9.93. The summed E-state index contributed by atoms with van der Waals surface area (Å²) in [5.74, 6) is 0.256. The number of amides is 1. The zero-order valence-corrected chi connectivity index (χ0v) is 9.93. The first-order valence-electron chi connectivity index (χ1n) is 5.27. The lowest BCUT2D eigenvalue weighted by atomic mass is 10.1. The van der Waals surface area contributed by atoms with Gasteiger partial charge < -0.3 is 9.84 Å². The number of carbonyl (C=O) groups is 1. The van der Waals surface area contributed by atoms with Crippen LogP contribution in [0.5, 0.6) is 5.75 Å². The van der Waals surface area contributed by atoms with Gasteiger partial charge in [-0.1, -0.05) is 12.1 Å². The molecule has 0 saturated carbocycles. The van der Waals surface area contributed by atoms with Crippen LogP contribution in [-0.2, 0) is 11.2 Å². The minimum absolute atomic E-state index is 0.256. The molecule has 0 aliphatic carbocycles. The Morgan fingerprint density at radius 3 is 2.65 bits per heavy atom. The molecule has 0 aliphatic rings. The molecule has 0 heterocycles. The second-order valence-corrected chi connectivity index (χ2v) is 3.62. The Kier molecular flexibility index (Phi) is 5.00. The first-order chi connectivity index (χ1) is 8.11. The fraction of sp³-hybridized carbons (Fsp3) is 0.333. The maximum Gasteiger partial charge on any atom is 0.427 e. The Hall–Kier alpha value is -2.04. The van der Waals surface area contributed by atoms with Crippen LogP contribution in [0.15, 0.2) is 29.4 Å². The SMILES string of the molecule is COC(=O)NN=C(C)CCc1ccc(O)cc1. The van der Waals surface area contributed by atoms with Crippen molar-refractivity contribution in [3.8, 4) is 5.75 Å². The molecule has 0 spiro atoms. The summed E-state index contributed by atoms with van der Waals surface area (Å²) in [6.45, 7) is 1.83. The molecule has 1 aromatic rings. The predicted molar refractivity (Wildman–Crippen MR) is 65.1 cm³/mol. The van der Waals surface area contributed by atoms with Crippen molar-refractivity contribution in [2.45, 2.75) is 19.8 Å². The normalized spacial score (nSPS) is 11.1. The van der Waals surface area contributed by atoms with Gasteiger partial charge in [-0.05, 0) is 37.5 Å². The van der Waals surface area contributed by atoms with E-state index in [9.17, 15) is 4.79 Å². The number of hydrazone groups is 1. The lowest BCUT2D eigenvalue weighted by Gasteiger charge is -2.02. The summed E-state index contributed by atoms with van der Waals surface area (Å²) >= 11 is 0. The Labute approximate surface area is 100 Å². The van der Waals surface area contributed by atoms with Gasteiger partial charge in [-0.25, -0.2) is 10.2 Å². The number of carbonyl (C=O) groups excluding carboxylic acids is 1. The van der Waals surface area contributed by atoms with E-state index in [1.165, 1.54) is 7.11 Å². The van der Waals surface area contributed by atoms with Crippen molar-refractivity contribution in [2.24, 2.45) is 5.10 Å². The van der Waals surface area contributed by atoms with Gasteiger partial charge in [0.1, 0.15) is 5.75 Å². The number of aryl methyl sites for hydroxylation is 1. The number of nitrogens with one attached hydrogen (secondary N) is 1. The molecule has 0 aromatic heterocycles. The second-order valence-electron chi connectivity index (χ2n) is 3.62. The predicted octanol–water partition coefficient (Wildman–Crippen LogP) is 2.06. The lowest BCUT2D eigenvalue weighted by Crippen LogP contribution is -2.18. The van der Waals surface area contributed by atoms with E-state index in [0.29, 0.717) is 0 Å². The van der Waals surface area contributed by atoms with Crippen LogP contribution < -0.4 is 5.43 Å². The molecule has 92 valence electrons. The molecule has 5 nitrogen and oxygen atoms in total. The number of rotatable bonds is 4. The topological polar surface area (TPSA) is 70.9 Å². The van der Waals surface area contributed by atoms with Crippen molar-refractivity contribution in [1.82, 2.24) is 5.43 Å². The van der Waals surface area contributed by atoms with Gasteiger partial charge in [0.25, 0.3) is 0 Å². The summed E-state index contributed by atoms with van der Waals surface area (Å²) in [5, 5.41) is 13.0. The average molecular weight is 236 g/mol. The van der Waals surface area contributed by atoms with Crippen LogP contribution in [0, 0.1) is 0 Å². The van der Waals surface area contributed by atoms with Crippen LogP contribution >= 0.6 is 0 Å². The number of phenols is 1. The molecule has 0 unspecified atom stereocenters. The van der Waals surface area contributed by atoms with Crippen molar-refractivity contribution in [1.29, 1.82) is 0 Å². The third kappa shape index (κ3) is 5.01. The Morgan fingerprint density at radius 2 is 2.06 bits per heavy atom. The van der Waals surface area contributed by atoms with E-state index < -0.39 is 6.09 Å². The smallest absolute Gasteiger partial charge is 0.427 e. The highest BCUT2D eigenvalue weighted by Gasteiger charge is 1.98. The van der Waals surface area contributed by atoms with Gasteiger partial charge >= 0.3 is 6.09 Å². The summed E-state index contributed by atoms with van der Waals surface area (Å²) in [6.07, 6.45) is 0.960. The van der Waals surface area contributed by atoms with Crippen LogP contribution in [-0.4, -0.2) is 24.0 Å². The Morgan fingerprint density at radius 1 is 1.41 bits per heavy atom. The first kappa shape index (κ1) is 13.0. The van der Waals surface area contributed by atoms with E-state index in [1.54, 1.807) is 12.1 Å².